The number of aliphatic carboxylic acids is 1. The van der Waals surface area contributed by atoms with Crippen molar-refractivity contribution in [1.82, 2.24) is 10.2 Å². The maximum absolute atomic E-state index is 11.9. The van der Waals surface area contributed by atoms with E-state index >= 15 is 0 Å². The number of methoxy groups -OCH3 is 1. The Hall–Kier alpha value is -1.87. The van der Waals surface area contributed by atoms with Crippen molar-refractivity contribution in [2.45, 2.75) is 18.6 Å². The van der Waals surface area contributed by atoms with Gasteiger partial charge in [-0.2, -0.15) is 0 Å². The number of rotatable bonds is 5. The Morgan fingerprint density at radius 3 is 2.80 bits per heavy atom. The summed E-state index contributed by atoms with van der Waals surface area (Å²) in [6, 6.07) is -1.35. The number of nitrogens with zero attached hydrogens (tertiary/aromatic N) is 1. The van der Waals surface area contributed by atoms with Gasteiger partial charge in [0.05, 0.1) is 20.3 Å². The molecule has 0 spiro atoms. The summed E-state index contributed by atoms with van der Waals surface area (Å²) in [5.41, 5.74) is 0. The van der Waals surface area contributed by atoms with Gasteiger partial charge in [-0.1, -0.05) is 0 Å². The predicted molar refractivity (Wildman–Crippen MR) is 65.0 cm³/mol. The van der Waals surface area contributed by atoms with Crippen molar-refractivity contribution in [3.63, 3.8) is 0 Å². The van der Waals surface area contributed by atoms with Crippen molar-refractivity contribution in [3.05, 3.63) is 0 Å². The molecule has 2 unspecified atom stereocenters. The van der Waals surface area contributed by atoms with E-state index in [4.69, 9.17) is 14.9 Å². The zero-order valence-electron chi connectivity index (χ0n) is 11.1. The van der Waals surface area contributed by atoms with Crippen LogP contribution >= 0.6 is 0 Å². The standard InChI is InChI=1S/C11H18N2O7/c1-19-10(17)7-6-20-5-4-13(7)11(18)12-3-2-8(14)9(15)16/h7-8,14H,2-6H2,1H3,(H,12,18)(H,15,16). The largest absolute Gasteiger partial charge is 0.479 e. The summed E-state index contributed by atoms with van der Waals surface area (Å²) >= 11 is 0. The predicted octanol–water partition coefficient (Wildman–Crippen LogP) is -1.59. The molecule has 1 rings (SSSR count). The molecule has 1 fully saturated rings. The summed E-state index contributed by atoms with van der Waals surface area (Å²) < 4.78 is 9.71. The van der Waals surface area contributed by atoms with E-state index in [-0.39, 0.29) is 26.1 Å². The Morgan fingerprint density at radius 2 is 2.20 bits per heavy atom. The molecule has 0 aliphatic carbocycles. The molecular weight excluding hydrogens is 272 g/mol. The number of amides is 2. The van der Waals surface area contributed by atoms with Crippen LogP contribution in [0.1, 0.15) is 6.42 Å². The molecule has 0 aromatic heterocycles. The molecule has 0 radical (unpaired) electrons. The van der Waals surface area contributed by atoms with Gasteiger partial charge in [-0.3, -0.25) is 0 Å². The molecule has 3 N–H and O–H groups in total. The van der Waals surface area contributed by atoms with Crippen LogP contribution in [0, 0.1) is 0 Å². The number of esters is 1. The van der Waals surface area contributed by atoms with Gasteiger partial charge in [0.25, 0.3) is 0 Å². The molecule has 1 heterocycles. The lowest BCUT2D eigenvalue weighted by atomic mass is 10.2. The molecule has 114 valence electrons. The van der Waals surface area contributed by atoms with Gasteiger partial charge in [0.15, 0.2) is 12.1 Å². The summed E-state index contributed by atoms with van der Waals surface area (Å²) in [6.45, 7) is 0.571. The van der Waals surface area contributed by atoms with Crippen LogP contribution in [0.15, 0.2) is 0 Å². The van der Waals surface area contributed by atoms with Crippen LogP contribution in [0.4, 0.5) is 4.79 Å². The van der Waals surface area contributed by atoms with Crippen LogP contribution in [0.2, 0.25) is 0 Å². The number of ether oxygens (including phenoxy) is 2. The van der Waals surface area contributed by atoms with Gasteiger partial charge in [0, 0.05) is 19.5 Å². The maximum atomic E-state index is 11.9. The summed E-state index contributed by atoms with van der Waals surface area (Å²) in [5, 5.41) is 20.0. The number of nitrogens with one attached hydrogen (secondary N) is 1. The molecule has 2 amide bonds. The van der Waals surface area contributed by atoms with E-state index in [1.54, 1.807) is 0 Å². The van der Waals surface area contributed by atoms with E-state index in [2.05, 4.69) is 10.1 Å². The minimum absolute atomic E-state index is 0.0163. The van der Waals surface area contributed by atoms with Crippen molar-refractivity contribution in [1.29, 1.82) is 0 Å². The first-order valence-corrected chi connectivity index (χ1v) is 6.08. The molecule has 9 heteroatoms. The molecule has 0 bridgehead atoms. The second-order valence-corrected chi connectivity index (χ2v) is 4.18. The SMILES string of the molecule is COC(=O)C1COCCN1C(=O)NCCC(O)C(=O)O. The second-order valence-electron chi connectivity index (χ2n) is 4.18. The van der Waals surface area contributed by atoms with E-state index < -0.39 is 30.1 Å². The van der Waals surface area contributed by atoms with Crippen molar-refractivity contribution in [2.75, 3.05) is 33.4 Å². The lowest BCUT2D eigenvalue weighted by molar-refractivity contribution is -0.151. The van der Waals surface area contributed by atoms with Crippen molar-refractivity contribution >= 4 is 18.0 Å². The third-order valence-electron chi connectivity index (χ3n) is 2.84. The Labute approximate surface area is 115 Å². The van der Waals surface area contributed by atoms with E-state index in [9.17, 15) is 14.4 Å². The maximum Gasteiger partial charge on any atom is 0.332 e. The number of hydrogen-bond donors (Lipinski definition) is 3. The molecule has 0 aromatic rings. The summed E-state index contributed by atoms with van der Waals surface area (Å²) in [7, 11) is 1.22. The number of aliphatic hydroxyl groups is 1. The Morgan fingerprint density at radius 1 is 1.50 bits per heavy atom. The van der Waals surface area contributed by atoms with Crippen LogP contribution in [0.5, 0.6) is 0 Å². The van der Waals surface area contributed by atoms with Gasteiger partial charge in [0.2, 0.25) is 0 Å². The smallest absolute Gasteiger partial charge is 0.332 e. The fourth-order valence-electron chi connectivity index (χ4n) is 1.72. The minimum atomic E-state index is -1.53. The van der Waals surface area contributed by atoms with Gasteiger partial charge in [0.1, 0.15) is 0 Å². The first kappa shape index (κ1) is 16.2. The number of carbonyl (C=O) groups excluding carboxylic acids is 2. The third kappa shape index (κ3) is 4.35. The molecule has 9 nitrogen and oxygen atoms in total. The minimum Gasteiger partial charge on any atom is -0.479 e. The molecule has 1 saturated heterocycles. The fraction of sp³-hybridized carbons (Fsp3) is 0.727. The third-order valence-corrected chi connectivity index (χ3v) is 2.84. The number of carboxylic acids is 1. The monoisotopic (exact) mass is 290 g/mol. The lowest BCUT2D eigenvalue weighted by Gasteiger charge is -2.33. The van der Waals surface area contributed by atoms with Crippen LogP contribution < -0.4 is 5.32 Å². The van der Waals surface area contributed by atoms with Gasteiger partial charge in [-0.15, -0.1) is 0 Å². The van der Waals surface area contributed by atoms with E-state index in [0.29, 0.717) is 6.61 Å². The summed E-state index contributed by atoms with van der Waals surface area (Å²) in [6.07, 6.45) is -1.65. The quantitative estimate of drug-likeness (QED) is 0.521. The van der Waals surface area contributed by atoms with E-state index in [1.807, 2.05) is 0 Å². The summed E-state index contributed by atoms with van der Waals surface area (Å²) in [4.78, 5) is 35.1. The Bertz CT molecular complexity index is 374. The average molecular weight is 290 g/mol. The number of aliphatic hydroxyl groups excluding tert-OH is 1. The van der Waals surface area contributed by atoms with Crippen LogP contribution in [-0.4, -0.2) is 78.6 Å². The molecule has 2 atom stereocenters. The fourth-order valence-corrected chi connectivity index (χ4v) is 1.72. The number of hydrogen-bond acceptors (Lipinski definition) is 6. The topological polar surface area (TPSA) is 125 Å². The van der Waals surface area contributed by atoms with Crippen molar-refractivity contribution in [2.24, 2.45) is 0 Å². The Balaban J connectivity index is 2.47. The van der Waals surface area contributed by atoms with Crippen molar-refractivity contribution in [3.8, 4) is 0 Å². The highest BCUT2D eigenvalue weighted by Gasteiger charge is 2.33. The number of carboxylic acid groups (broad SMARTS) is 1. The molecule has 1 aliphatic heterocycles. The zero-order chi connectivity index (χ0) is 15.1. The molecule has 0 saturated carbocycles. The number of carbonyl (C=O) groups is 3. The van der Waals surface area contributed by atoms with Crippen LogP contribution in [-0.2, 0) is 19.1 Å². The van der Waals surface area contributed by atoms with Crippen LogP contribution in [0.25, 0.3) is 0 Å². The van der Waals surface area contributed by atoms with Crippen molar-refractivity contribution < 1.29 is 34.1 Å². The number of urea groups is 1. The average Bonchev–Trinajstić information content (AvgIpc) is 2.45. The first-order valence-electron chi connectivity index (χ1n) is 6.08. The highest BCUT2D eigenvalue weighted by atomic mass is 16.5. The van der Waals surface area contributed by atoms with E-state index in [0.717, 1.165) is 0 Å². The lowest BCUT2D eigenvalue weighted by Crippen LogP contribution is -2.56. The highest BCUT2D eigenvalue weighted by Crippen LogP contribution is 2.08. The molecule has 1 aliphatic rings. The van der Waals surface area contributed by atoms with E-state index in [1.165, 1.54) is 12.0 Å². The first-order chi connectivity index (χ1) is 9.47. The molecular formula is C11H18N2O7. The molecule has 0 aromatic carbocycles. The zero-order valence-corrected chi connectivity index (χ0v) is 11.1. The van der Waals surface area contributed by atoms with Gasteiger partial charge >= 0.3 is 18.0 Å². The van der Waals surface area contributed by atoms with Gasteiger partial charge < -0.3 is 29.9 Å². The van der Waals surface area contributed by atoms with Gasteiger partial charge in [-0.05, 0) is 0 Å². The van der Waals surface area contributed by atoms with Crippen LogP contribution in [0.3, 0.4) is 0 Å². The highest BCUT2D eigenvalue weighted by molar-refractivity contribution is 5.84. The van der Waals surface area contributed by atoms with Gasteiger partial charge in [-0.25, -0.2) is 14.4 Å². The molecule has 20 heavy (non-hydrogen) atoms. The normalized spacial score (nSPS) is 20.1. The second kappa shape index (κ2) is 7.65. The number of morpholine rings is 1. The summed E-state index contributed by atoms with van der Waals surface area (Å²) in [5.74, 6) is -1.93. The Kier molecular flexibility index (Phi) is 6.19.